The Bertz CT molecular complexity index is 394. The molecule has 1 aliphatic carbocycles. The summed E-state index contributed by atoms with van der Waals surface area (Å²) in [4.78, 5) is 5.50. The first kappa shape index (κ1) is 16.0. The molecule has 2 rings (SSSR count). The molecule has 114 valence electrons. The summed E-state index contributed by atoms with van der Waals surface area (Å²) >= 11 is 1.95. The lowest BCUT2D eigenvalue weighted by molar-refractivity contribution is 0.228. The zero-order valence-corrected chi connectivity index (χ0v) is 14.2. The fourth-order valence-corrected chi connectivity index (χ4v) is 4.27. The summed E-state index contributed by atoms with van der Waals surface area (Å²) in [5.74, 6) is 0.939. The molecule has 1 saturated carbocycles. The molecule has 0 unspecified atom stereocenters. The van der Waals surface area contributed by atoms with Gasteiger partial charge in [-0.15, -0.1) is 11.3 Å². The monoisotopic (exact) mass is 294 g/mol. The maximum absolute atomic E-state index is 3.42. The molecule has 1 fully saturated rings. The molecule has 1 N–H and O–H groups in total. The second-order valence-corrected chi connectivity index (χ2v) is 7.62. The minimum Gasteiger partial charge on any atom is -0.312 e. The van der Waals surface area contributed by atoms with Crippen LogP contribution in [0.25, 0.3) is 0 Å². The number of thiophene rings is 1. The number of aryl methyl sites for hydroxylation is 1. The number of nitrogens with zero attached hydrogens (tertiary/aromatic N) is 1. The van der Waals surface area contributed by atoms with Crippen molar-refractivity contribution < 1.29 is 0 Å². The van der Waals surface area contributed by atoms with E-state index in [0.717, 1.165) is 25.6 Å². The first-order chi connectivity index (χ1) is 9.69. The van der Waals surface area contributed by atoms with Crippen LogP contribution in [-0.4, -0.2) is 25.0 Å². The van der Waals surface area contributed by atoms with Crippen molar-refractivity contribution in [3.8, 4) is 0 Å². The molecule has 0 aromatic carbocycles. The Hall–Kier alpha value is -0.380. The van der Waals surface area contributed by atoms with E-state index in [1.807, 2.05) is 11.3 Å². The minimum atomic E-state index is 0.939. The van der Waals surface area contributed by atoms with E-state index >= 15 is 0 Å². The van der Waals surface area contributed by atoms with Crippen molar-refractivity contribution in [1.82, 2.24) is 10.2 Å². The van der Waals surface area contributed by atoms with E-state index in [0.29, 0.717) is 0 Å². The molecule has 2 nitrogen and oxygen atoms in total. The summed E-state index contributed by atoms with van der Waals surface area (Å²) in [5, 5.41) is 3.42. The highest BCUT2D eigenvalue weighted by atomic mass is 32.1. The molecule has 1 heterocycles. The largest absolute Gasteiger partial charge is 0.312 e. The molecule has 0 bridgehead atoms. The van der Waals surface area contributed by atoms with Crippen molar-refractivity contribution in [3.63, 3.8) is 0 Å². The fraction of sp³-hybridized carbons (Fsp3) is 0.765. The number of hydrogen-bond donors (Lipinski definition) is 1. The van der Waals surface area contributed by atoms with Crippen LogP contribution in [-0.2, 0) is 13.1 Å². The lowest BCUT2D eigenvalue weighted by atomic mass is 9.89. The Morgan fingerprint density at radius 2 is 2.05 bits per heavy atom. The van der Waals surface area contributed by atoms with Crippen molar-refractivity contribution in [2.45, 2.75) is 59.0 Å². The van der Waals surface area contributed by atoms with Crippen molar-refractivity contribution >= 4 is 11.3 Å². The molecule has 1 aromatic heterocycles. The molecule has 3 heteroatoms. The van der Waals surface area contributed by atoms with Crippen LogP contribution in [0.2, 0.25) is 0 Å². The maximum Gasteiger partial charge on any atom is 0.0299 e. The lowest BCUT2D eigenvalue weighted by Gasteiger charge is -2.27. The van der Waals surface area contributed by atoms with Gasteiger partial charge < -0.3 is 10.2 Å². The van der Waals surface area contributed by atoms with Gasteiger partial charge in [-0.1, -0.05) is 26.2 Å². The second-order valence-electron chi connectivity index (χ2n) is 6.28. The van der Waals surface area contributed by atoms with Crippen LogP contribution < -0.4 is 5.32 Å². The summed E-state index contributed by atoms with van der Waals surface area (Å²) < 4.78 is 0. The van der Waals surface area contributed by atoms with E-state index in [4.69, 9.17) is 0 Å². The molecule has 0 radical (unpaired) electrons. The second kappa shape index (κ2) is 8.16. The minimum absolute atomic E-state index is 0.939. The van der Waals surface area contributed by atoms with Gasteiger partial charge >= 0.3 is 0 Å². The molecule has 0 atom stereocenters. The van der Waals surface area contributed by atoms with Crippen LogP contribution in [0.1, 0.15) is 54.3 Å². The Morgan fingerprint density at radius 1 is 1.30 bits per heavy atom. The normalized spacial score (nSPS) is 17.0. The predicted molar refractivity (Wildman–Crippen MR) is 89.3 cm³/mol. The molecule has 0 amide bonds. The van der Waals surface area contributed by atoms with Gasteiger partial charge in [0.15, 0.2) is 0 Å². The average molecular weight is 295 g/mol. The number of hydrogen-bond acceptors (Lipinski definition) is 3. The third-order valence-electron chi connectivity index (χ3n) is 4.36. The highest BCUT2D eigenvalue weighted by Crippen LogP contribution is 2.26. The van der Waals surface area contributed by atoms with Gasteiger partial charge in [0.1, 0.15) is 0 Å². The van der Waals surface area contributed by atoms with Gasteiger partial charge in [0.2, 0.25) is 0 Å². The summed E-state index contributed by atoms with van der Waals surface area (Å²) in [5.41, 5.74) is 1.53. The standard InChI is InChI=1S/C17H30N2S/c1-4-18-11-17-10-16(14(2)20-17)13-19(3)12-15-8-6-5-7-9-15/h10,15,18H,4-9,11-13H2,1-3H3. The van der Waals surface area contributed by atoms with Gasteiger partial charge in [-0.25, -0.2) is 0 Å². The molecule has 20 heavy (non-hydrogen) atoms. The predicted octanol–water partition coefficient (Wildman–Crippen LogP) is 4.18. The molecular formula is C17H30N2S. The lowest BCUT2D eigenvalue weighted by Crippen LogP contribution is -2.26. The molecule has 0 spiro atoms. The summed E-state index contributed by atoms with van der Waals surface area (Å²) in [6.07, 6.45) is 7.24. The quantitative estimate of drug-likeness (QED) is 0.811. The van der Waals surface area contributed by atoms with E-state index < -0.39 is 0 Å². The van der Waals surface area contributed by atoms with Gasteiger partial charge in [-0.05, 0) is 50.9 Å². The summed E-state index contributed by atoms with van der Waals surface area (Å²) in [6, 6.07) is 2.40. The number of rotatable bonds is 7. The first-order valence-electron chi connectivity index (χ1n) is 8.16. The Kier molecular flexibility index (Phi) is 6.53. The Morgan fingerprint density at radius 3 is 2.75 bits per heavy atom. The van der Waals surface area contributed by atoms with Crippen LogP contribution in [0.15, 0.2) is 6.07 Å². The zero-order valence-electron chi connectivity index (χ0n) is 13.4. The molecule has 1 aromatic rings. The third-order valence-corrected chi connectivity index (χ3v) is 5.45. The number of nitrogens with one attached hydrogen (secondary N) is 1. The van der Waals surface area contributed by atoms with Crippen molar-refractivity contribution in [2.75, 3.05) is 20.1 Å². The zero-order chi connectivity index (χ0) is 14.4. The highest BCUT2D eigenvalue weighted by molar-refractivity contribution is 7.12. The van der Waals surface area contributed by atoms with Gasteiger partial charge in [0, 0.05) is 29.4 Å². The molecule has 0 saturated heterocycles. The topological polar surface area (TPSA) is 15.3 Å². The van der Waals surface area contributed by atoms with Crippen LogP contribution in [0.3, 0.4) is 0 Å². The van der Waals surface area contributed by atoms with Gasteiger partial charge in [-0.3, -0.25) is 0 Å². The van der Waals surface area contributed by atoms with Crippen LogP contribution >= 0.6 is 11.3 Å². The van der Waals surface area contributed by atoms with E-state index in [-0.39, 0.29) is 0 Å². The summed E-state index contributed by atoms with van der Waals surface area (Å²) in [6.45, 7) is 8.90. The smallest absolute Gasteiger partial charge is 0.0299 e. The fourth-order valence-electron chi connectivity index (χ4n) is 3.25. The SMILES string of the molecule is CCNCc1cc(CN(C)CC2CCCCC2)c(C)s1. The van der Waals surface area contributed by atoms with E-state index in [2.05, 4.69) is 37.2 Å². The van der Waals surface area contributed by atoms with E-state index in [9.17, 15) is 0 Å². The highest BCUT2D eigenvalue weighted by Gasteiger charge is 2.16. The van der Waals surface area contributed by atoms with E-state index in [1.165, 1.54) is 54.0 Å². The van der Waals surface area contributed by atoms with Gasteiger partial charge in [0.25, 0.3) is 0 Å². The average Bonchev–Trinajstić information content (AvgIpc) is 2.78. The maximum atomic E-state index is 3.42. The Balaban J connectivity index is 1.83. The van der Waals surface area contributed by atoms with Crippen LogP contribution in [0.5, 0.6) is 0 Å². The van der Waals surface area contributed by atoms with Crippen molar-refractivity contribution in [1.29, 1.82) is 0 Å². The Labute approximate surface area is 128 Å². The van der Waals surface area contributed by atoms with Crippen LogP contribution in [0, 0.1) is 12.8 Å². The van der Waals surface area contributed by atoms with E-state index in [1.54, 1.807) is 0 Å². The molecule has 1 aliphatic rings. The third kappa shape index (κ3) is 4.87. The van der Waals surface area contributed by atoms with Crippen molar-refractivity contribution in [2.24, 2.45) is 5.92 Å². The first-order valence-corrected chi connectivity index (χ1v) is 8.98. The molecular weight excluding hydrogens is 264 g/mol. The van der Waals surface area contributed by atoms with Crippen LogP contribution in [0.4, 0.5) is 0 Å². The summed E-state index contributed by atoms with van der Waals surface area (Å²) in [7, 11) is 2.29. The molecule has 0 aliphatic heterocycles. The van der Waals surface area contributed by atoms with Gasteiger partial charge in [-0.2, -0.15) is 0 Å². The van der Waals surface area contributed by atoms with Crippen molar-refractivity contribution in [3.05, 3.63) is 21.4 Å². The van der Waals surface area contributed by atoms with Gasteiger partial charge in [0.05, 0.1) is 0 Å².